The average molecular weight is 316 g/mol. The molecule has 0 aromatic heterocycles. The number of benzene rings is 1. The molecule has 6 nitrogen and oxygen atoms in total. The highest BCUT2D eigenvalue weighted by atomic mass is 32.2. The van der Waals surface area contributed by atoms with Gasteiger partial charge in [0.25, 0.3) is 0 Å². The number of nitrogens with zero attached hydrogens (tertiary/aromatic N) is 1. The van der Waals surface area contributed by atoms with Crippen LogP contribution in [-0.2, 0) is 10.2 Å². The van der Waals surface area contributed by atoms with Crippen LogP contribution < -0.4 is 4.72 Å². The number of anilines is 1. The van der Waals surface area contributed by atoms with E-state index in [2.05, 4.69) is 11.6 Å². The van der Waals surface area contributed by atoms with Crippen molar-refractivity contribution >= 4 is 21.9 Å². The fourth-order valence-corrected chi connectivity index (χ4v) is 3.44. The van der Waals surface area contributed by atoms with Gasteiger partial charge in [0.15, 0.2) is 0 Å². The summed E-state index contributed by atoms with van der Waals surface area (Å²) >= 11 is 0. The van der Waals surface area contributed by atoms with E-state index in [0.29, 0.717) is 19.0 Å². The third kappa shape index (κ3) is 3.70. The van der Waals surface area contributed by atoms with Crippen molar-refractivity contribution in [3.63, 3.8) is 0 Å². The van der Waals surface area contributed by atoms with Crippen LogP contribution in [0.2, 0.25) is 0 Å². The van der Waals surface area contributed by atoms with Gasteiger partial charge in [-0.25, -0.2) is 9.18 Å². The molecule has 8 heteroatoms. The van der Waals surface area contributed by atoms with E-state index in [1.165, 1.54) is 10.4 Å². The van der Waals surface area contributed by atoms with Crippen molar-refractivity contribution in [3.05, 3.63) is 29.6 Å². The van der Waals surface area contributed by atoms with Gasteiger partial charge in [0.1, 0.15) is 5.82 Å². The number of hydrogen-bond donors (Lipinski definition) is 2. The van der Waals surface area contributed by atoms with Crippen molar-refractivity contribution in [1.82, 2.24) is 4.31 Å². The van der Waals surface area contributed by atoms with Crippen LogP contribution in [0.15, 0.2) is 18.2 Å². The van der Waals surface area contributed by atoms with Gasteiger partial charge in [0.05, 0.1) is 11.3 Å². The zero-order chi connectivity index (χ0) is 15.6. The summed E-state index contributed by atoms with van der Waals surface area (Å²) in [7, 11) is -3.74. The number of carboxylic acids is 1. The van der Waals surface area contributed by atoms with Crippen LogP contribution in [0.4, 0.5) is 10.1 Å². The molecular weight excluding hydrogens is 299 g/mol. The zero-order valence-corrected chi connectivity index (χ0v) is 12.4. The van der Waals surface area contributed by atoms with Crippen LogP contribution in [0.1, 0.15) is 30.1 Å². The van der Waals surface area contributed by atoms with Gasteiger partial charge in [-0.3, -0.25) is 4.72 Å². The first-order chi connectivity index (χ1) is 9.79. The minimum absolute atomic E-state index is 0.0103. The van der Waals surface area contributed by atoms with E-state index in [0.717, 1.165) is 25.0 Å². The molecule has 0 radical (unpaired) electrons. The fourth-order valence-electron chi connectivity index (χ4n) is 2.19. The highest BCUT2D eigenvalue weighted by Crippen LogP contribution is 2.21. The van der Waals surface area contributed by atoms with Gasteiger partial charge < -0.3 is 5.11 Å². The normalized spacial score (nSPS) is 17.6. The van der Waals surface area contributed by atoms with Crippen molar-refractivity contribution in [1.29, 1.82) is 0 Å². The maximum Gasteiger partial charge on any atom is 0.338 e. The molecule has 0 saturated carbocycles. The maximum absolute atomic E-state index is 13.5. The van der Waals surface area contributed by atoms with Crippen molar-refractivity contribution in [2.45, 2.75) is 19.8 Å². The smallest absolute Gasteiger partial charge is 0.338 e. The van der Waals surface area contributed by atoms with E-state index < -0.39 is 27.6 Å². The van der Waals surface area contributed by atoms with Crippen molar-refractivity contribution in [2.75, 3.05) is 17.8 Å². The summed E-state index contributed by atoms with van der Waals surface area (Å²) in [6, 6.07) is 3.14. The molecule has 0 amide bonds. The highest BCUT2D eigenvalue weighted by Gasteiger charge is 2.26. The van der Waals surface area contributed by atoms with Crippen LogP contribution in [0.3, 0.4) is 0 Å². The Morgan fingerprint density at radius 2 is 2.00 bits per heavy atom. The molecule has 0 unspecified atom stereocenters. The Bertz CT molecular complexity index is 640. The summed E-state index contributed by atoms with van der Waals surface area (Å²) in [6.07, 6.45) is 1.57. The van der Waals surface area contributed by atoms with Crippen molar-refractivity contribution in [2.24, 2.45) is 5.92 Å². The Morgan fingerprint density at radius 3 is 2.52 bits per heavy atom. The monoisotopic (exact) mass is 316 g/mol. The largest absolute Gasteiger partial charge is 0.478 e. The number of halogens is 1. The van der Waals surface area contributed by atoms with Crippen LogP contribution in [0.5, 0.6) is 0 Å². The molecule has 1 saturated heterocycles. The number of piperidine rings is 1. The first-order valence-corrected chi connectivity index (χ1v) is 8.04. The molecule has 1 aromatic rings. The highest BCUT2D eigenvalue weighted by molar-refractivity contribution is 7.90. The zero-order valence-electron chi connectivity index (χ0n) is 11.5. The number of hydrogen-bond acceptors (Lipinski definition) is 3. The lowest BCUT2D eigenvalue weighted by Crippen LogP contribution is -2.41. The molecule has 1 aromatic carbocycles. The van der Waals surface area contributed by atoms with E-state index in [1.807, 2.05) is 0 Å². The Labute approximate surface area is 122 Å². The van der Waals surface area contributed by atoms with Crippen LogP contribution in [0, 0.1) is 11.7 Å². The molecular formula is C13H17FN2O4S. The molecule has 116 valence electrons. The molecule has 1 aliphatic heterocycles. The lowest BCUT2D eigenvalue weighted by molar-refractivity contribution is 0.0692. The molecule has 0 bridgehead atoms. The Hall–Kier alpha value is -1.67. The molecule has 0 spiro atoms. The van der Waals surface area contributed by atoms with Gasteiger partial charge in [0, 0.05) is 13.1 Å². The average Bonchev–Trinajstić information content (AvgIpc) is 2.38. The topological polar surface area (TPSA) is 86.7 Å². The third-order valence-electron chi connectivity index (χ3n) is 3.53. The lowest BCUT2D eigenvalue weighted by atomic mass is 10.0. The van der Waals surface area contributed by atoms with E-state index in [4.69, 9.17) is 5.11 Å². The van der Waals surface area contributed by atoms with Gasteiger partial charge in [-0.2, -0.15) is 12.7 Å². The predicted molar refractivity (Wildman–Crippen MR) is 75.9 cm³/mol. The molecule has 0 aliphatic carbocycles. The van der Waals surface area contributed by atoms with Gasteiger partial charge in [-0.05, 0) is 37.0 Å². The number of nitrogens with one attached hydrogen (secondary N) is 1. The molecule has 2 N–H and O–H groups in total. The number of aromatic carboxylic acids is 1. The molecule has 0 atom stereocenters. The standard InChI is InChI=1S/C13H17FN2O4S/c1-9-4-6-16(7-5-9)21(19,20)15-10-2-3-11(13(17)18)12(14)8-10/h2-3,8-9,15H,4-7H2,1H3,(H,17,18). The van der Waals surface area contributed by atoms with E-state index in [1.54, 1.807) is 0 Å². The van der Waals surface area contributed by atoms with Crippen molar-refractivity contribution < 1.29 is 22.7 Å². The SMILES string of the molecule is CC1CCN(S(=O)(=O)Nc2ccc(C(=O)O)c(F)c2)CC1. The summed E-state index contributed by atoms with van der Waals surface area (Å²) in [4.78, 5) is 10.7. The summed E-state index contributed by atoms with van der Waals surface area (Å²) in [6.45, 7) is 2.91. The number of carboxylic acid groups (broad SMARTS) is 1. The van der Waals surface area contributed by atoms with E-state index >= 15 is 0 Å². The van der Waals surface area contributed by atoms with Gasteiger partial charge in [-0.1, -0.05) is 6.92 Å². The van der Waals surface area contributed by atoms with Gasteiger partial charge >= 0.3 is 16.2 Å². The second-order valence-corrected chi connectivity index (χ2v) is 6.86. The Morgan fingerprint density at radius 1 is 1.38 bits per heavy atom. The fraction of sp³-hybridized carbons (Fsp3) is 0.462. The second kappa shape index (κ2) is 5.98. The summed E-state index contributed by atoms with van der Waals surface area (Å²) in [5, 5.41) is 8.73. The second-order valence-electron chi connectivity index (χ2n) is 5.19. The molecule has 1 heterocycles. The maximum atomic E-state index is 13.5. The molecule has 1 fully saturated rings. The van der Waals surface area contributed by atoms with Crippen molar-refractivity contribution in [3.8, 4) is 0 Å². The molecule has 21 heavy (non-hydrogen) atoms. The lowest BCUT2D eigenvalue weighted by Gasteiger charge is -2.29. The quantitative estimate of drug-likeness (QED) is 0.888. The van der Waals surface area contributed by atoms with Crippen LogP contribution in [-0.4, -0.2) is 36.9 Å². The first kappa shape index (κ1) is 15.7. The summed E-state index contributed by atoms with van der Waals surface area (Å²) < 4.78 is 41.5. The number of carbonyl (C=O) groups is 1. The third-order valence-corrected chi connectivity index (χ3v) is 5.07. The van der Waals surface area contributed by atoms with Crippen LogP contribution >= 0.6 is 0 Å². The first-order valence-electron chi connectivity index (χ1n) is 6.60. The summed E-state index contributed by atoms with van der Waals surface area (Å²) in [5.74, 6) is -1.88. The minimum Gasteiger partial charge on any atom is -0.478 e. The molecule has 1 aliphatic rings. The Kier molecular flexibility index (Phi) is 4.48. The van der Waals surface area contributed by atoms with E-state index in [9.17, 15) is 17.6 Å². The number of rotatable bonds is 4. The van der Waals surface area contributed by atoms with Gasteiger partial charge in [0.2, 0.25) is 0 Å². The molecule has 2 rings (SSSR count). The van der Waals surface area contributed by atoms with Gasteiger partial charge in [-0.15, -0.1) is 0 Å². The predicted octanol–water partition coefficient (Wildman–Crippen LogP) is 1.91. The summed E-state index contributed by atoms with van der Waals surface area (Å²) in [5.41, 5.74) is -0.485. The van der Waals surface area contributed by atoms with E-state index in [-0.39, 0.29) is 5.69 Å². The Balaban J connectivity index is 2.13. The van der Waals surface area contributed by atoms with Crippen LogP contribution in [0.25, 0.3) is 0 Å². The minimum atomic E-state index is -3.74.